The summed E-state index contributed by atoms with van der Waals surface area (Å²) in [5.74, 6) is 0. The molecule has 82 valence electrons. The predicted octanol–water partition coefficient (Wildman–Crippen LogP) is 4.18. The van der Waals surface area contributed by atoms with E-state index in [2.05, 4.69) is 4.90 Å². The van der Waals surface area contributed by atoms with Gasteiger partial charge in [-0.05, 0) is 24.7 Å². The van der Waals surface area contributed by atoms with Crippen LogP contribution >= 0.6 is 34.8 Å². The van der Waals surface area contributed by atoms with E-state index >= 15 is 0 Å². The summed E-state index contributed by atoms with van der Waals surface area (Å²) in [5, 5.41) is 1.18. The van der Waals surface area contributed by atoms with Gasteiger partial charge in [-0.2, -0.15) is 0 Å². The number of halogens is 3. The van der Waals surface area contributed by atoms with E-state index in [-0.39, 0.29) is 0 Å². The molecule has 0 N–H and O–H groups in total. The maximum Gasteiger partial charge on any atom is 0.0595 e. The Labute approximate surface area is 105 Å². The van der Waals surface area contributed by atoms with Crippen molar-refractivity contribution in [2.24, 2.45) is 0 Å². The van der Waals surface area contributed by atoms with Crippen molar-refractivity contribution in [3.8, 4) is 0 Å². The van der Waals surface area contributed by atoms with Crippen LogP contribution in [0, 0.1) is 0 Å². The van der Waals surface area contributed by atoms with Crippen LogP contribution in [0.1, 0.15) is 5.56 Å². The van der Waals surface area contributed by atoms with Gasteiger partial charge in [0, 0.05) is 18.6 Å². The lowest BCUT2D eigenvalue weighted by Gasteiger charge is -2.14. The first kappa shape index (κ1) is 12.9. The van der Waals surface area contributed by atoms with Crippen molar-refractivity contribution in [2.45, 2.75) is 6.54 Å². The number of nitrogens with zero attached hydrogens (tertiary/aromatic N) is 1. The van der Waals surface area contributed by atoms with Crippen LogP contribution in [0.3, 0.4) is 0 Å². The third kappa shape index (κ3) is 4.43. The molecule has 0 saturated heterocycles. The van der Waals surface area contributed by atoms with Crippen LogP contribution in [0.25, 0.3) is 0 Å². The summed E-state index contributed by atoms with van der Waals surface area (Å²) >= 11 is 17.2. The molecule has 0 heterocycles. The fraction of sp³-hybridized carbons (Fsp3) is 0.273. The molecule has 0 spiro atoms. The molecule has 0 aliphatic heterocycles. The van der Waals surface area contributed by atoms with Crippen LogP contribution < -0.4 is 0 Å². The minimum Gasteiger partial charge on any atom is -0.298 e. The van der Waals surface area contributed by atoms with E-state index < -0.39 is 0 Å². The van der Waals surface area contributed by atoms with Crippen molar-refractivity contribution >= 4 is 34.8 Å². The zero-order valence-electron chi connectivity index (χ0n) is 8.38. The monoisotopic (exact) mass is 263 g/mol. The van der Waals surface area contributed by atoms with E-state index in [1.54, 1.807) is 0 Å². The van der Waals surface area contributed by atoms with E-state index in [1.807, 2.05) is 31.3 Å². The van der Waals surface area contributed by atoms with Gasteiger partial charge in [0.05, 0.1) is 10.0 Å². The molecule has 0 unspecified atom stereocenters. The number of hydrogen-bond acceptors (Lipinski definition) is 1. The van der Waals surface area contributed by atoms with Gasteiger partial charge in [0.15, 0.2) is 0 Å². The molecule has 0 radical (unpaired) electrons. The van der Waals surface area contributed by atoms with Gasteiger partial charge in [0.2, 0.25) is 0 Å². The summed E-state index contributed by atoms with van der Waals surface area (Å²) in [5.41, 5.74) is 2.65. The van der Waals surface area contributed by atoms with Crippen molar-refractivity contribution in [3.05, 3.63) is 45.4 Å². The Balaban J connectivity index is 2.60. The van der Waals surface area contributed by atoms with Crippen LogP contribution in [-0.2, 0) is 6.54 Å². The van der Waals surface area contributed by atoms with E-state index in [9.17, 15) is 0 Å². The summed E-state index contributed by atoms with van der Waals surface area (Å²) in [7, 11) is 2.01. The van der Waals surface area contributed by atoms with Gasteiger partial charge in [-0.15, -0.1) is 0 Å². The molecule has 0 fully saturated rings. The highest BCUT2D eigenvalue weighted by Gasteiger charge is 2.01. The Bertz CT molecular complexity index is 350. The zero-order chi connectivity index (χ0) is 11.3. The van der Waals surface area contributed by atoms with Crippen molar-refractivity contribution in [3.63, 3.8) is 0 Å². The second-order valence-corrected chi connectivity index (χ2v) is 4.37. The molecular formula is C11H12Cl3N. The summed E-state index contributed by atoms with van der Waals surface area (Å²) in [6, 6.07) is 5.66. The smallest absolute Gasteiger partial charge is 0.0595 e. The maximum absolute atomic E-state index is 5.92. The van der Waals surface area contributed by atoms with Crippen LogP contribution in [0.5, 0.6) is 0 Å². The van der Waals surface area contributed by atoms with Crippen molar-refractivity contribution < 1.29 is 0 Å². The predicted molar refractivity (Wildman–Crippen MR) is 67.8 cm³/mol. The maximum atomic E-state index is 5.92. The van der Waals surface area contributed by atoms with Crippen molar-refractivity contribution in [2.75, 3.05) is 13.6 Å². The standard InChI is InChI=1S/C11H12Cl3N/c1-15(6-2-5-12)8-9-3-4-10(13)11(14)7-9/h2-5,7H,6,8H2,1H3/b5-2+. The first-order valence-electron chi connectivity index (χ1n) is 4.51. The molecule has 4 heteroatoms. The molecule has 0 aliphatic carbocycles. The topological polar surface area (TPSA) is 3.24 Å². The van der Waals surface area contributed by atoms with E-state index in [0.717, 1.165) is 18.7 Å². The second kappa shape index (κ2) is 6.39. The molecule has 0 saturated carbocycles. The van der Waals surface area contributed by atoms with E-state index in [0.29, 0.717) is 10.0 Å². The largest absolute Gasteiger partial charge is 0.298 e. The fourth-order valence-corrected chi connectivity index (χ4v) is 1.63. The Morgan fingerprint density at radius 3 is 2.60 bits per heavy atom. The highest BCUT2D eigenvalue weighted by Crippen LogP contribution is 2.22. The lowest BCUT2D eigenvalue weighted by atomic mass is 10.2. The van der Waals surface area contributed by atoms with Gasteiger partial charge in [0.1, 0.15) is 0 Å². The molecular weight excluding hydrogens is 252 g/mol. The van der Waals surface area contributed by atoms with E-state index in [1.165, 1.54) is 5.54 Å². The van der Waals surface area contributed by atoms with Gasteiger partial charge < -0.3 is 0 Å². The van der Waals surface area contributed by atoms with E-state index in [4.69, 9.17) is 34.8 Å². The molecule has 0 atom stereocenters. The number of likely N-dealkylation sites (N-methyl/N-ethyl adjacent to an activating group) is 1. The molecule has 1 aromatic rings. The molecule has 0 aliphatic rings. The number of rotatable bonds is 4. The summed E-state index contributed by atoms with van der Waals surface area (Å²) in [4.78, 5) is 2.12. The highest BCUT2D eigenvalue weighted by atomic mass is 35.5. The molecule has 0 aromatic heterocycles. The average Bonchev–Trinajstić information content (AvgIpc) is 2.20. The van der Waals surface area contributed by atoms with Gasteiger partial charge in [-0.1, -0.05) is 46.9 Å². The lowest BCUT2D eigenvalue weighted by Crippen LogP contribution is -2.17. The first-order valence-corrected chi connectivity index (χ1v) is 5.70. The van der Waals surface area contributed by atoms with Gasteiger partial charge in [0.25, 0.3) is 0 Å². The Morgan fingerprint density at radius 1 is 1.27 bits per heavy atom. The van der Waals surface area contributed by atoms with Crippen LogP contribution in [0.4, 0.5) is 0 Å². The van der Waals surface area contributed by atoms with Crippen molar-refractivity contribution in [1.29, 1.82) is 0 Å². The van der Waals surface area contributed by atoms with Crippen LogP contribution in [-0.4, -0.2) is 18.5 Å². The zero-order valence-corrected chi connectivity index (χ0v) is 10.6. The molecule has 0 amide bonds. The van der Waals surface area contributed by atoms with Gasteiger partial charge >= 0.3 is 0 Å². The minimum absolute atomic E-state index is 0.587. The first-order chi connectivity index (χ1) is 7.13. The average molecular weight is 265 g/mol. The lowest BCUT2D eigenvalue weighted by molar-refractivity contribution is 0.363. The SMILES string of the molecule is CN(C/C=C/Cl)Cc1ccc(Cl)c(Cl)c1. The summed E-state index contributed by atoms with van der Waals surface area (Å²) in [6.07, 6.45) is 1.89. The number of hydrogen-bond donors (Lipinski definition) is 0. The third-order valence-electron chi connectivity index (χ3n) is 1.94. The number of benzene rings is 1. The molecule has 0 bridgehead atoms. The Hall–Kier alpha value is -0.210. The molecule has 1 rings (SSSR count). The minimum atomic E-state index is 0.587. The quantitative estimate of drug-likeness (QED) is 0.789. The molecule has 15 heavy (non-hydrogen) atoms. The Morgan fingerprint density at radius 2 is 2.00 bits per heavy atom. The second-order valence-electron chi connectivity index (χ2n) is 3.31. The Kier molecular flexibility index (Phi) is 5.48. The highest BCUT2D eigenvalue weighted by molar-refractivity contribution is 6.42. The van der Waals surface area contributed by atoms with Crippen LogP contribution in [0.15, 0.2) is 29.8 Å². The summed E-state index contributed by atoms with van der Waals surface area (Å²) in [6.45, 7) is 1.63. The fourth-order valence-electron chi connectivity index (χ4n) is 1.23. The molecule has 1 aromatic carbocycles. The van der Waals surface area contributed by atoms with Gasteiger partial charge in [-0.25, -0.2) is 0 Å². The van der Waals surface area contributed by atoms with Crippen molar-refractivity contribution in [1.82, 2.24) is 4.90 Å². The van der Waals surface area contributed by atoms with Gasteiger partial charge in [-0.3, -0.25) is 4.90 Å². The third-order valence-corrected chi connectivity index (χ3v) is 2.86. The summed E-state index contributed by atoms with van der Waals surface area (Å²) < 4.78 is 0. The normalized spacial score (nSPS) is 11.5. The molecule has 1 nitrogen and oxygen atoms in total. The van der Waals surface area contributed by atoms with Crippen LogP contribution in [0.2, 0.25) is 10.0 Å².